The molecule has 0 saturated heterocycles. The van der Waals surface area contributed by atoms with Crippen LogP contribution in [0.4, 0.5) is 0 Å². The van der Waals surface area contributed by atoms with Crippen molar-refractivity contribution in [3.63, 3.8) is 0 Å². The molecule has 2 nitrogen and oxygen atoms in total. The summed E-state index contributed by atoms with van der Waals surface area (Å²) < 4.78 is 7.72. The molecular weight excluding hydrogens is 601 g/mol. The predicted molar refractivity (Wildman–Crippen MR) is 206 cm³/mol. The van der Waals surface area contributed by atoms with E-state index in [0.29, 0.717) is 0 Å². The first-order chi connectivity index (χ1) is 23.6. The number of rotatable bonds is 2. The topological polar surface area (TPSA) is 9.86 Å². The number of fused-ring (bicyclic) bond motifs is 15. The summed E-state index contributed by atoms with van der Waals surface area (Å²) in [5, 5.41) is 7.87. The first-order valence-corrected chi connectivity index (χ1v) is 17.5. The average Bonchev–Trinajstić information content (AvgIpc) is 3.84. The maximum absolute atomic E-state index is 2.57. The zero-order valence-electron chi connectivity index (χ0n) is 26.7. The van der Waals surface area contributed by atoms with Gasteiger partial charge >= 0.3 is 0 Å². The van der Waals surface area contributed by atoms with Crippen LogP contribution in [-0.2, 0) is 5.41 Å². The minimum atomic E-state index is -0.0819. The molecule has 226 valence electrons. The largest absolute Gasteiger partial charge is 0.309 e. The zero-order chi connectivity index (χ0) is 31.7. The molecule has 48 heavy (non-hydrogen) atoms. The molecule has 3 heteroatoms. The Morgan fingerprint density at radius 2 is 1.04 bits per heavy atom. The van der Waals surface area contributed by atoms with Crippen molar-refractivity contribution in [2.45, 2.75) is 19.3 Å². The van der Waals surface area contributed by atoms with E-state index in [2.05, 4.69) is 169 Å². The van der Waals surface area contributed by atoms with Crippen LogP contribution < -0.4 is 0 Å². The minimum absolute atomic E-state index is 0.0819. The molecule has 11 rings (SSSR count). The van der Waals surface area contributed by atoms with Crippen LogP contribution in [0.5, 0.6) is 0 Å². The van der Waals surface area contributed by atoms with Gasteiger partial charge in [0, 0.05) is 53.8 Å². The van der Waals surface area contributed by atoms with Crippen molar-refractivity contribution in [2.75, 3.05) is 0 Å². The zero-order valence-corrected chi connectivity index (χ0v) is 27.5. The lowest BCUT2D eigenvalue weighted by Gasteiger charge is -2.22. The summed E-state index contributed by atoms with van der Waals surface area (Å²) in [5.74, 6) is 0. The van der Waals surface area contributed by atoms with Crippen LogP contribution in [0.25, 0.3) is 86.3 Å². The normalized spacial score (nSPS) is 13.8. The fourth-order valence-corrected chi connectivity index (χ4v) is 10.1. The Morgan fingerprint density at radius 1 is 0.458 bits per heavy atom. The standard InChI is InChI=1S/C45H30N2S/c1-45(2)34-20-10-6-16-29(34)30-25-24-28(26-35(30)45)47-37-22-12-7-17-31(37)39-40-32-18-8-11-21-36(32)46(27-14-4-3-5-15-27)43(40)44-41(42(39)47)33-19-9-13-23-38(33)48-44/h3-26H,1-2H3. The lowest BCUT2D eigenvalue weighted by molar-refractivity contribution is 0.660. The molecular formula is C45H30N2S. The average molecular weight is 631 g/mol. The second kappa shape index (κ2) is 9.25. The molecule has 0 radical (unpaired) electrons. The number of nitrogens with zero attached hydrogens (tertiary/aromatic N) is 2. The van der Waals surface area contributed by atoms with Crippen molar-refractivity contribution < 1.29 is 0 Å². The highest BCUT2D eigenvalue weighted by Crippen LogP contribution is 2.53. The Labute approximate surface area is 281 Å². The van der Waals surface area contributed by atoms with Gasteiger partial charge in [-0.05, 0) is 64.7 Å². The van der Waals surface area contributed by atoms with Gasteiger partial charge < -0.3 is 9.13 Å². The molecule has 0 atom stereocenters. The SMILES string of the molecule is CC1(C)c2ccccc2-c2ccc(-n3c4ccccc4c4c5c6ccccc6n(-c6ccccc6)c5c5sc6ccccc6c5c43)cc21. The molecule has 0 spiro atoms. The Hall–Kier alpha value is -5.64. The second-order valence-electron chi connectivity index (χ2n) is 13.7. The smallest absolute Gasteiger partial charge is 0.0727 e. The van der Waals surface area contributed by atoms with Gasteiger partial charge in [-0.2, -0.15) is 0 Å². The first kappa shape index (κ1) is 26.4. The minimum Gasteiger partial charge on any atom is -0.309 e. The molecule has 1 aliphatic rings. The highest BCUT2D eigenvalue weighted by molar-refractivity contribution is 7.27. The summed E-state index contributed by atoms with van der Waals surface area (Å²) in [6.45, 7) is 4.75. The quantitative estimate of drug-likeness (QED) is 0.180. The Balaban J connectivity index is 1.39. The summed E-state index contributed by atoms with van der Waals surface area (Å²) in [6, 6.07) is 54.0. The molecule has 0 amide bonds. The number of hydrogen-bond acceptors (Lipinski definition) is 1. The summed E-state index contributed by atoms with van der Waals surface area (Å²) in [5.41, 5.74) is 12.9. The molecule has 0 saturated carbocycles. The maximum atomic E-state index is 2.57. The summed E-state index contributed by atoms with van der Waals surface area (Å²) in [4.78, 5) is 0. The lowest BCUT2D eigenvalue weighted by Crippen LogP contribution is -2.15. The van der Waals surface area contributed by atoms with Gasteiger partial charge in [0.2, 0.25) is 0 Å². The Kier molecular flexibility index (Phi) is 5.09. The third-order valence-corrected chi connectivity index (χ3v) is 12.1. The number of para-hydroxylation sites is 3. The summed E-state index contributed by atoms with van der Waals surface area (Å²) in [6.07, 6.45) is 0. The van der Waals surface area contributed by atoms with E-state index in [9.17, 15) is 0 Å². The molecule has 0 fully saturated rings. The van der Waals surface area contributed by atoms with Gasteiger partial charge in [-0.3, -0.25) is 0 Å². The van der Waals surface area contributed by atoms with E-state index < -0.39 is 0 Å². The summed E-state index contributed by atoms with van der Waals surface area (Å²) >= 11 is 1.92. The molecule has 3 aromatic heterocycles. The van der Waals surface area contributed by atoms with Crippen molar-refractivity contribution in [1.29, 1.82) is 0 Å². The number of benzene rings is 7. The molecule has 7 aromatic carbocycles. The highest BCUT2D eigenvalue weighted by atomic mass is 32.1. The van der Waals surface area contributed by atoms with E-state index in [1.165, 1.54) is 97.4 Å². The molecule has 1 aliphatic carbocycles. The number of thiophene rings is 1. The third kappa shape index (κ3) is 3.22. The molecule has 0 aliphatic heterocycles. The number of hydrogen-bond donors (Lipinski definition) is 0. The molecule has 3 heterocycles. The van der Waals surface area contributed by atoms with Crippen molar-refractivity contribution in [1.82, 2.24) is 9.13 Å². The van der Waals surface area contributed by atoms with E-state index in [4.69, 9.17) is 0 Å². The van der Waals surface area contributed by atoms with E-state index in [1.54, 1.807) is 0 Å². The van der Waals surface area contributed by atoms with Crippen LogP contribution in [0.3, 0.4) is 0 Å². The van der Waals surface area contributed by atoms with Gasteiger partial charge in [0.1, 0.15) is 0 Å². The molecule has 10 aromatic rings. The third-order valence-electron chi connectivity index (χ3n) is 10.9. The first-order valence-electron chi connectivity index (χ1n) is 16.7. The van der Waals surface area contributed by atoms with Crippen LogP contribution in [-0.4, -0.2) is 9.13 Å². The van der Waals surface area contributed by atoms with Gasteiger partial charge in [0.15, 0.2) is 0 Å². The monoisotopic (exact) mass is 630 g/mol. The predicted octanol–water partition coefficient (Wildman–Crippen LogP) is 12.6. The van der Waals surface area contributed by atoms with E-state index >= 15 is 0 Å². The lowest BCUT2D eigenvalue weighted by atomic mass is 9.82. The number of aromatic nitrogens is 2. The van der Waals surface area contributed by atoms with Crippen molar-refractivity contribution in [3.8, 4) is 22.5 Å². The van der Waals surface area contributed by atoms with Crippen LogP contribution >= 0.6 is 11.3 Å². The van der Waals surface area contributed by atoms with Gasteiger partial charge in [-0.1, -0.05) is 117 Å². The van der Waals surface area contributed by atoms with Gasteiger partial charge in [-0.15, -0.1) is 11.3 Å². The van der Waals surface area contributed by atoms with E-state index in [0.717, 1.165) is 0 Å². The van der Waals surface area contributed by atoms with E-state index in [1.807, 2.05) is 11.3 Å². The molecule has 0 bridgehead atoms. The Morgan fingerprint density at radius 3 is 1.81 bits per heavy atom. The van der Waals surface area contributed by atoms with Crippen LogP contribution in [0.15, 0.2) is 146 Å². The molecule has 0 unspecified atom stereocenters. The molecule has 0 N–H and O–H groups in total. The highest BCUT2D eigenvalue weighted by Gasteiger charge is 2.36. The fourth-order valence-electron chi connectivity index (χ4n) is 8.83. The van der Waals surface area contributed by atoms with Gasteiger partial charge in [0.05, 0.1) is 26.8 Å². The van der Waals surface area contributed by atoms with Crippen LogP contribution in [0.1, 0.15) is 25.0 Å². The van der Waals surface area contributed by atoms with Gasteiger partial charge in [-0.25, -0.2) is 0 Å². The van der Waals surface area contributed by atoms with Crippen LogP contribution in [0.2, 0.25) is 0 Å². The fraction of sp³-hybridized carbons (Fsp3) is 0.0667. The second-order valence-corrected chi connectivity index (χ2v) is 14.7. The van der Waals surface area contributed by atoms with Gasteiger partial charge in [0.25, 0.3) is 0 Å². The van der Waals surface area contributed by atoms with Crippen LogP contribution in [0, 0.1) is 0 Å². The van der Waals surface area contributed by atoms with Crippen molar-refractivity contribution >= 4 is 75.1 Å². The van der Waals surface area contributed by atoms with E-state index in [-0.39, 0.29) is 5.41 Å². The Bertz CT molecular complexity index is 2970. The summed E-state index contributed by atoms with van der Waals surface area (Å²) in [7, 11) is 0. The van der Waals surface area contributed by atoms with Crippen molar-refractivity contribution in [2.24, 2.45) is 0 Å². The van der Waals surface area contributed by atoms with Crippen molar-refractivity contribution in [3.05, 3.63) is 157 Å². The maximum Gasteiger partial charge on any atom is 0.0727 e.